The number of carbonyl (C=O) groups excluding carboxylic acids is 1. The zero-order valence-electron chi connectivity index (χ0n) is 9.91. The topological polar surface area (TPSA) is 23.6 Å². The van der Waals surface area contributed by atoms with E-state index in [1.54, 1.807) is 0 Å². The van der Waals surface area contributed by atoms with E-state index in [4.69, 9.17) is 0 Å². The predicted octanol–water partition coefficient (Wildman–Crippen LogP) is 2.18. The van der Waals surface area contributed by atoms with Gasteiger partial charge in [0.05, 0.1) is 0 Å². The first kappa shape index (κ1) is 10.8. The zero-order chi connectivity index (χ0) is 10.8. The molecule has 3 heteroatoms. The van der Waals surface area contributed by atoms with Crippen molar-refractivity contribution >= 4 is 6.03 Å². The van der Waals surface area contributed by atoms with Crippen LogP contribution in [0, 0.1) is 11.8 Å². The van der Waals surface area contributed by atoms with Crippen molar-refractivity contribution in [3.8, 4) is 0 Å². The number of urea groups is 1. The summed E-state index contributed by atoms with van der Waals surface area (Å²) < 4.78 is 0. The Labute approximate surface area is 92.4 Å². The van der Waals surface area contributed by atoms with Gasteiger partial charge in [-0.25, -0.2) is 4.79 Å². The Balaban J connectivity index is 1.85. The normalized spacial score (nSPS) is 28.5. The molecule has 2 aliphatic rings. The lowest BCUT2D eigenvalue weighted by atomic mass is 10.00. The van der Waals surface area contributed by atoms with Gasteiger partial charge in [0.25, 0.3) is 0 Å². The first-order valence-corrected chi connectivity index (χ1v) is 6.20. The number of likely N-dealkylation sites (tertiary alicyclic amines) is 2. The molecule has 0 aromatic carbocycles. The molecule has 2 saturated heterocycles. The van der Waals surface area contributed by atoms with Crippen LogP contribution in [0.1, 0.15) is 33.1 Å². The van der Waals surface area contributed by atoms with Crippen molar-refractivity contribution < 1.29 is 4.79 Å². The molecule has 0 bridgehead atoms. The second-order valence-corrected chi connectivity index (χ2v) is 5.29. The van der Waals surface area contributed by atoms with Gasteiger partial charge in [0.2, 0.25) is 0 Å². The van der Waals surface area contributed by atoms with E-state index in [9.17, 15) is 4.79 Å². The molecule has 0 aromatic rings. The highest BCUT2D eigenvalue weighted by molar-refractivity contribution is 5.74. The lowest BCUT2D eigenvalue weighted by molar-refractivity contribution is 0.142. The molecule has 0 N–H and O–H groups in total. The van der Waals surface area contributed by atoms with Gasteiger partial charge in [0, 0.05) is 26.2 Å². The molecule has 0 radical (unpaired) electrons. The van der Waals surface area contributed by atoms with Crippen LogP contribution in [-0.4, -0.2) is 42.0 Å². The molecular weight excluding hydrogens is 188 g/mol. The highest BCUT2D eigenvalue weighted by Gasteiger charge is 2.28. The second-order valence-electron chi connectivity index (χ2n) is 5.29. The molecule has 0 spiro atoms. The van der Waals surface area contributed by atoms with Crippen LogP contribution in [0.5, 0.6) is 0 Å². The van der Waals surface area contributed by atoms with E-state index in [0.717, 1.165) is 32.1 Å². The number of hydrogen-bond donors (Lipinski definition) is 0. The van der Waals surface area contributed by atoms with Gasteiger partial charge in [-0.1, -0.05) is 13.8 Å². The van der Waals surface area contributed by atoms with Gasteiger partial charge in [-0.2, -0.15) is 0 Å². The summed E-state index contributed by atoms with van der Waals surface area (Å²) in [4.78, 5) is 16.2. The number of carbonyl (C=O) groups is 1. The Bertz CT molecular complexity index is 234. The van der Waals surface area contributed by atoms with Crippen molar-refractivity contribution in [3.05, 3.63) is 0 Å². The molecule has 0 aliphatic carbocycles. The summed E-state index contributed by atoms with van der Waals surface area (Å²) in [5, 5.41) is 0. The van der Waals surface area contributed by atoms with E-state index in [1.165, 1.54) is 19.3 Å². The van der Waals surface area contributed by atoms with Gasteiger partial charge in [-0.05, 0) is 31.1 Å². The van der Waals surface area contributed by atoms with E-state index < -0.39 is 0 Å². The molecular formula is C12H22N2O. The predicted molar refractivity (Wildman–Crippen MR) is 60.7 cm³/mol. The molecule has 0 aromatic heterocycles. The number of rotatable bonds is 0. The standard InChI is InChI=1S/C12H22N2O/c1-10-3-6-13(7-4-10)12(15)14-8-5-11(2)9-14/h10-11H,3-9H2,1-2H3. The number of amides is 2. The highest BCUT2D eigenvalue weighted by Crippen LogP contribution is 2.21. The second kappa shape index (κ2) is 4.42. The third kappa shape index (κ3) is 2.44. The van der Waals surface area contributed by atoms with Crippen LogP contribution >= 0.6 is 0 Å². The van der Waals surface area contributed by atoms with Gasteiger partial charge in [-0.15, -0.1) is 0 Å². The van der Waals surface area contributed by atoms with Gasteiger partial charge >= 0.3 is 6.03 Å². The van der Waals surface area contributed by atoms with E-state index in [2.05, 4.69) is 13.8 Å². The minimum absolute atomic E-state index is 0.284. The Morgan fingerprint density at radius 1 is 0.933 bits per heavy atom. The van der Waals surface area contributed by atoms with Crippen LogP contribution in [0.15, 0.2) is 0 Å². The van der Waals surface area contributed by atoms with Crippen molar-refractivity contribution in [2.75, 3.05) is 26.2 Å². The van der Waals surface area contributed by atoms with Gasteiger partial charge in [0.1, 0.15) is 0 Å². The molecule has 15 heavy (non-hydrogen) atoms. The minimum Gasteiger partial charge on any atom is -0.325 e. The van der Waals surface area contributed by atoms with Crippen molar-refractivity contribution in [3.63, 3.8) is 0 Å². The van der Waals surface area contributed by atoms with Gasteiger partial charge in [-0.3, -0.25) is 0 Å². The van der Waals surface area contributed by atoms with E-state index in [1.807, 2.05) is 9.80 Å². The van der Waals surface area contributed by atoms with E-state index in [0.29, 0.717) is 5.92 Å². The molecule has 2 amide bonds. The molecule has 1 atom stereocenters. The quantitative estimate of drug-likeness (QED) is 0.601. The molecule has 0 saturated carbocycles. The summed E-state index contributed by atoms with van der Waals surface area (Å²) in [5.41, 5.74) is 0. The van der Waals surface area contributed by atoms with Gasteiger partial charge in [0.15, 0.2) is 0 Å². The van der Waals surface area contributed by atoms with E-state index >= 15 is 0 Å². The van der Waals surface area contributed by atoms with Gasteiger partial charge < -0.3 is 9.80 Å². The SMILES string of the molecule is CC1CCN(C(=O)N2CCC(C)C2)CC1. The largest absolute Gasteiger partial charge is 0.325 e. The Hall–Kier alpha value is -0.730. The molecule has 2 rings (SSSR count). The van der Waals surface area contributed by atoms with Crippen LogP contribution < -0.4 is 0 Å². The van der Waals surface area contributed by atoms with Crippen molar-refractivity contribution in [1.29, 1.82) is 0 Å². The Morgan fingerprint density at radius 2 is 1.47 bits per heavy atom. The fraction of sp³-hybridized carbons (Fsp3) is 0.917. The summed E-state index contributed by atoms with van der Waals surface area (Å²) in [6.07, 6.45) is 3.53. The zero-order valence-corrected chi connectivity index (χ0v) is 9.91. The summed E-state index contributed by atoms with van der Waals surface area (Å²) in [6.45, 7) is 8.36. The Kier molecular flexibility index (Phi) is 3.17. The minimum atomic E-state index is 0.284. The summed E-state index contributed by atoms with van der Waals surface area (Å²) in [5.74, 6) is 1.49. The highest BCUT2D eigenvalue weighted by atomic mass is 16.2. The van der Waals surface area contributed by atoms with Crippen LogP contribution in [0.3, 0.4) is 0 Å². The van der Waals surface area contributed by atoms with Crippen molar-refractivity contribution in [2.45, 2.75) is 33.1 Å². The summed E-state index contributed by atoms with van der Waals surface area (Å²) in [7, 11) is 0. The van der Waals surface area contributed by atoms with Crippen LogP contribution in [0.25, 0.3) is 0 Å². The van der Waals surface area contributed by atoms with Crippen LogP contribution in [-0.2, 0) is 0 Å². The molecule has 1 unspecified atom stereocenters. The first-order chi connectivity index (χ1) is 7.16. The Morgan fingerprint density at radius 3 is 2.00 bits per heavy atom. The van der Waals surface area contributed by atoms with E-state index in [-0.39, 0.29) is 6.03 Å². The lowest BCUT2D eigenvalue weighted by Crippen LogP contribution is -2.45. The molecule has 2 heterocycles. The average Bonchev–Trinajstić information content (AvgIpc) is 2.65. The fourth-order valence-electron chi connectivity index (χ4n) is 2.51. The third-order valence-corrected chi connectivity index (χ3v) is 3.75. The maximum Gasteiger partial charge on any atom is 0.320 e. The van der Waals surface area contributed by atoms with Crippen LogP contribution in [0.4, 0.5) is 4.79 Å². The smallest absolute Gasteiger partial charge is 0.320 e. The number of piperidine rings is 1. The average molecular weight is 210 g/mol. The monoisotopic (exact) mass is 210 g/mol. The molecule has 3 nitrogen and oxygen atoms in total. The van der Waals surface area contributed by atoms with Crippen LogP contribution in [0.2, 0.25) is 0 Å². The fourth-order valence-corrected chi connectivity index (χ4v) is 2.51. The number of hydrogen-bond acceptors (Lipinski definition) is 1. The molecule has 2 aliphatic heterocycles. The lowest BCUT2D eigenvalue weighted by Gasteiger charge is -2.33. The third-order valence-electron chi connectivity index (χ3n) is 3.75. The summed E-state index contributed by atoms with van der Waals surface area (Å²) >= 11 is 0. The molecule has 2 fully saturated rings. The number of nitrogens with zero attached hydrogens (tertiary/aromatic N) is 2. The maximum atomic E-state index is 12.1. The van der Waals surface area contributed by atoms with Crippen molar-refractivity contribution in [1.82, 2.24) is 9.80 Å². The first-order valence-electron chi connectivity index (χ1n) is 6.20. The van der Waals surface area contributed by atoms with Crippen molar-refractivity contribution in [2.24, 2.45) is 11.8 Å². The summed E-state index contributed by atoms with van der Waals surface area (Å²) in [6, 6.07) is 0.284. The molecule has 86 valence electrons. The maximum absolute atomic E-state index is 12.1.